The van der Waals surface area contributed by atoms with E-state index in [1.54, 1.807) is 6.20 Å². The second-order valence-electron chi connectivity index (χ2n) is 5.36. The zero-order chi connectivity index (χ0) is 12.5. The Morgan fingerprint density at radius 1 is 1.35 bits per heavy atom. The fourth-order valence-corrected chi connectivity index (χ4v) is 2.40. The number of piperidine rings is 1. The quantitative estimate of drug-likeness (QED) is 0.818. The van der Waals surface area contributed by atoms with Crippen LogP contribution in [-0.4, -0.2) is 28.8 Å². The Kier molecular flexibility index (Phi) is 3.24. The van der Waals surface area contributed by atoms with Gasteiger partial charge in [-0.15, -0.1) is 0 Å². The van der Waals surface area contributed by atoms with Gasteiger partial charge in [-0.2, -0.15) is 0 Å². The van der Waals surface area contributed by atoms with Gasteiger partial charge < -0.3 is 15.7 Å². The first-order valence-electron chi connectivity index (χ1n) is 6.15. The third kappa shape index (κ3) is 2.88. The first kappa shape index (κ1) is 12.2. The zero-order valence-electron chi connectivity index (χ0n) is 10.6. The fraction of sp³-hybridized carbons (Fsp3) is 0.615. The molecular weight excluding hydrogens is 214 g/mol. The minimum absolute atomic E-state index is 0.382. The first-order valence-corrected chi connectivity index (χ1v) is 6.15. The minimum atomic E-state index is -0.569. The number of rotatable bonds is 2. The molecule has 0 aromatic carbocycles. The molecule has 0 saturated carbocycles. The minimum Gasteiger partial charge on any atom is -0.397 e. The van der Waals surface area contributed by atoms with E-state index < -0.39 is 5.60 Å². The number of pyridine rings is 1. The lowest BCUT2D eigenvalue weighted by Gasteiger charge is -2.38. The lowest BCUT2D eigenvalue weighted by molar-refractivity contribution is 0.00646. The summed E-state index contributed by atoms with van der Waals surface area (Å²) in [4.78, 5) is 6.58. The van der Waals surface area contributed by atoms with Crippen molar-refractivity contribution in [1.29, 1.82) is 0 Å². The number of aromatic nitrogens is 1. The van der Waals surface area contributed by atoms with Crippen LogP contribution in [0.5, 0.6) is 0 Å². The van der Waals surface area contributed by atoms with E-state index in [-0.39, 0.29) is 0 Å². The van der Waals surface area contributed by atoms with Crippen molar-refractivity contribution in [2.45, 2.75) is 32.3 Å². The Balaban J connectivity index is 1.97. The highest BCUT2D eigenvalue weighted by atomic mass is 16.3. The van der Waals surface area contributed by atoms with Crippen molar-refractivity contribution in [2.24, 2.45) is 5.92 Å². The van der Waals surface area contributed by atoms with Crippen molar-refractivity contribution in [2.75, 3.05) is 23.7 Å². The molecule has 0 unspecified atom stereocenters. The highest BCUT2D eigenvalue weighted by Crippen LogP contribution is 2.29. The van der Waals surface area contributed by atoms with Crippen molar-refractivity contribution in [1.82, 2.24) is 4.98 Å². The second kappa shape index (κ2) is 4.53. The Morgan fingerprint density at radius 3 is 2.47 bits per heavy atom. The molecule has 94 valence electrons. The third-order valence-corrected chi connectivity index (χ3v) is 3.59. The smallest absolute Gasteiger partial charge is 0.128 e. The lowest BCUT2D eigenvalue weighted by Crippen LogP contribution is -2.42. The van der Waals surface area contributed by atoms with Gasteiger partial charge in [-0.05, 0) is 44.7 Å². The molecular formula is C13H21N3O. The van der Waals surface area contributed by atoms with Crippen LogP contribution in [0.25, 0.3) is 0 Å². The molecule has 0 amide bonds. The number of hydrogen-bond donors (Lipinski definition) is 2. The van der Waals surface area contributed by atoms with E-state index in [9.17, 15) is 5.11 Å². The Hall–Kier alpha value is -1.29. The maximum atomic E-state index is 9.98. The number of aliphatic hydroxyl groups is 1. The Bertz CT molecular complexity index is 361. The summed E-state index contributed by atoms with van der Waals surface area (Å²) in [6.07, 6.45) is 3.71. The molecule has 1 fully saturated rings. The zero-order valence-corrected chi connectivity index (χ0v) is 10.6. The molecule has 3 N–H and O–H groups in total. The molecule has 0 spiro atoms. The van der Waals surface area contributed by atoms with E-state index in [0.29, 0.717) is 11.6 Å². The number of nitrogens with zero attached hydrogens (tertiary/aromatic N) is 2. The molecule has 2 heterocycles. The van der Waals surface area contributed by atoms with Crippen LogP contribution in [0.4, 0.5) is 11.5 Å². The summed E-state index contributed by atoms with van der Waals surface area (Å²) in [6.45, 7) is 5.70. The van der Waals surface area contributed by atoms with Gasteiger partial charge in [-0.1, -0.05) is 0 Å². The molecule has 1 aliphatic rings. The summed E-state index contributed by atoms with van der Waals surface area (Å²) in [5.74, 6) is 1.36. The van der Waals surface area contributed by atoms with Gasteiger partial charge in [0.05, 0.1) is 17.5 Å². The summed E-state index contributed by atoms with van der Waals surface area (Å²) in [6, 6.07) is 3.84. The Labute approximate surface area is 102 Å². The molecule has 1 aromatic rings. The molecule has 4 nitrogen and oxygen atoms in total. The number of anilines is 2. The van der Waals surface area contributed by atoms with Gasteiger partial charge in [0.25, 0.3) is 0 Å². The van der Waals surface area contributed by atoms with Crippen molar-refractivity contribution in [3.05, 3.63) is 18.3 Å². The molecule has 4 heteroatoms. The van der Waals surface area contributed by atoms with E-state index in [0.717, 1.165) is 31.7 Å². The maximum absolute atomic E-state index is 9.98. The van der Waals surface area contributed by atoms with Crippen LogP contribution in [0.15, 0.2) is 18.3 Å². The monoisotopic (exact) mass is 235 g/mol. The summed E-state index contributed by atoms with van der Waals surface area (Å²) in [7, 11) is 0. The lowest BCUT2D eigenvalue weighted by atomic mass is 9.83. The van der Waals surface area contributed by atoms with Crippen LogP contribution in [-0.2, 0) is 0 Å². The van der Waals surface area contributed by atoms with Gasteiger partial charge in [0.15, 0.2) is 0 Å². The standard InChI is InChI=1S/C13H21N3O/c1-13(2,17)10-5-7-16(8-6-10)12-4-3-11(14)9-15-12/h3-4,9-10,17H,5-8,14H2,1-2H3. The SMILES string of the molecule is CC(C)(O)C1CCN(c2ccc(N)cn2)CC1. The third-order valence-electron chi connectivity index (χ3n) is 3.59. The topological polar surface area (TPSA) is 62.4 Å². The Morgan fingerprint density at radius 2 is 2.00 bits per heavy atom. The van der Waals surface area contributed by atoms with E-state index in [4.69, 9.17) is 5.73 Å². The fourth-order valence-electron chi connectivity index (χ4n) is 2.40. The number of hydrogen-bond acceptors (Lipinski definition) is 4. The van der Waals surface area contributed by atoms with Gasteiger partial charge in [0.2, 0.25) is 0 Å². The van der Waals surface area contributed by atoms with Crippen molar-refractivity contribution in [3.63, 3.8) is 0 Å². The summed E-state index contributed by atoms with van der Waals surface area (Å²) in [5, 5.41) is 9.98. The van der Waals surface area contributed by atoms with Crippen LogP contribution < -0.4 is 10.6 Å². The van der Waals surface area contributed by atoms with Crippen LogP contribution in [0.3, 0.4) is 0 Å². The van der Waals surface area contributed by atoms with Crippen molar-refractivity contribution < 1.29 is 5.11 Å². The average Bonchev–Trinajstić information content (AvgIpc) is 2.29. The predicted octanol–water partition coefficient (Wildman–Crippen LogP) is 1.65. The van der Waals surface area contributed by atoms with Gasteiger partial charge in [0.1, 0.15) is 5.82 Å². The van der Waals surface area contributed by atoms with Crippen LogP contribution in [0, 0.1) is 5.92 Å². The molecule has 2 rings (SSSR count). The molecule has 1 aromatic heterocycles. The molecule has 1 aliphatic heterocycles. The van der Waals surface area contributed by atoms with Gasteiger partial charge in [-0.25, -0.2) is 4.98 Å². The highest BCUT2D eigenvalue weighted by Gasteiger charge is 2.30. The van der Waals surface area contributed by atoms with Crippen LogP contribution in [0.1, 0.15) is 26.7 Å². The van der Waals surface area contributed by atoms with Crippen LogP contribution >= 0.6 is 0 Å². The van der Waals surface area contributed by atoms with Crippen LogP contribution in [0.2, 0.25) is 0 Å². The van der Waals surface area contributed by atoms with E-state index >= 15 is 0 Å². The molecule has 0 aliphatic carbocycles. The molecule has 17 heavy (non-hydrogen) atoms. The van der Waals surface area contributed by atoms with Crippen molar-refractivity contribution >= 4 is 11.5 Å². The number of nitrogen functional groups attached to an aromatic ring is 1. The predicted molar refractivity (Wildman–Crippen MR) is 69.9 cm³/mol. The summed E-state index contributed by atoms with van der Waals surface area (Å²) < 4.78 is 0. The molecule has 0 radical (unpaired) electrons. The largest absolute Gasteiger partial charge is 0.397 e. The summed E-state index contributed by atoms with van der Waals surface area (Å²) in [5.41, 5.74) is 5.75. The molecule has 0 bridgehead atoms. The second-order valence-corrected chi connectivity index (χ2v) is 5.36. The van der Waals surface area contributed by atoms with E-state index in [1.165, 1.54) is 0 Å². The highest BCUT2D eigenvalue weighted by molar-refractivity contribution is 5.45. The van der Waals surface area contributed by atoms with Gasteiger partial charge in [-0.3, -0.25) is 0 Å². The molecule has 0 atom stereocenters. The van der Waals surface area contributed by atoms with Gasteiger partial charge >= 0.3 is 0 Å². The van der Waals surface area contributed by atoms with Gasteiger partial charge in [0, 0.05) is 13.1 Å². The van der Waals surface area contributed by atoms with E-state index in [1.807, 2.05) is 26.0 Å². The molecule has 1 saturated heterocycles. The van der Waals surface area contributed by atoms with E-state index in [2.05, 4.69) is 9.88 Å². The van der Waals surface area contributed by atoms with Crippen molar-refractivity contribution in [3.8, 4) is 0 Å². The summed E-state index contributed by atoms with van der Waals surface area (Å²) >= 11 is 0. The normalized spacial score (nSPS) is 18.4. The maximum Gasteiger partial charge on any atom is 0.128 e. The first-order chi connectivity index (χ1) is 7.97. The average molecular weight is 235 g/mol. The number of nitrogens with two attached hydrogens (primary N) is 1.